The van der Waals surface area contributed by atoms with E-state index in [1.807, 2.05) is 19.1 Å². The lowest BCUT2D eigenvalue weighted by atomic mass is 10.1. The third-order valence-electron chi connectivity index (χ3n) is 3.68. The number of hydrogen-bond acceptors (Lipinski definition) is 7. The molecule has 0 saturated heterocycles. The van der Waals surface area contributed by atoms with Gasteiger partial charge in [0.1, 0.15) is 11.6 Å². The van der Waals surface area contributed by atoms with Crippen LogP contribution >= 0.6 is 22.9 Å². The zero-order valence-corrected chi connectivity index (χ0v) is 15.1. The Morgan fingerprint density at radius 1 is 1.46 bits per heavy atom. The largest absolute Gasteiger partial charge is 0.467 e. The summed E-state index contributed by atoms with van der Waals surface area (Å²) in [6.07, 6.45) is 2.38. The maximum Gasteiger partial charge on any atom is 0.224 e. The molecule has 24 heavy (non-hydrogen) atoms. The van der Waals surface area contributed by atoms with E-state index in [1.54, 1.807) is 24.7 Å². The van der Waals surface area contributed by atoms with Gasteiger partial charge < -0.3 is 20.2 Å². The van der Waals surface area contributed by atoms with Crippen LogP contribution in [-0.2, 0) is 17.7 Å². The number of aromatic nitrogens is 2. The van der Waals surface area contributed by atoms with Gasteiger partial charge in [-0.05, 0) is 42.6 Å². The number of fused-ring (bicyclic) bond motifs is 1. The lowest BCUT2D eigenvalue weighted by Gasteiger charge is -2.08. The number of furan rings is 1. The summed E-state index contributed by atoms with van der Waals surface area (Å²) in [4.78, 5) is 9.88. The van der Waals surface area contributed by atoms with Crippen molar-refractivity contribution in [3.63, 3.8) is 0 Å². The molecule has 0 aliphatic carbocycles. The summed E-state index contributed by atoms with van der Waals surface area (Å²) in [6, 6.07) is 3.70. The summed E-state index contributed by atoms with van der Waals surface area (Å²) in [5.74, 6) is 1.54. The van der Waals surface area contributed by atoms with Crippen molar-refractivity contribution in [2.45, 2.75) is 25.9 Å². The molecular formula is C16H19ClN4O2S. The van der Waals surface area contributed by atoms with Crippen molar-refractivity contribution in [2.24, 2.45) is 5.73 Å². The highest BCUT2D eigenvalue weighted by Crippen LogP contribution is 2.35. The zero-order valence-electron chi connectivity index (χ0n) is 13.5. The SMILES string of the molecule is COC[C@H](N)Cc1sc2c(NCc3ccco3)nc(Cl)nc2c1C. The Labute approximate surface area is 149 Å². The molecule has 0 aromatic carbocycles. The van der Waals surface area contributed by atoms with Crippen molar-refractivity contribution >= 4 is 39.0 Å². The summed E-state index contributed by atoms with van der Waals surface area (Å²) >= 11 is 7.73. The van der Waals surface area contributed by atoms with E-state index in [9.17, 15) is 0 Å². The summed E-state index contributed by atoms with van der Waals surface area (Å²) in [5, 5.41) is 3.50. The molecular weight excluding hydrogens is 348 g/mol. The first-order valence-electron chi connectivity index (χ1n) is 7.54. The fourth-order valence-electron chi connectivity index (χ4n) is 2.52. The fraction of sp³-hybridized carbons (Fsp3) is 0.375. The van der Waals surface area contributed by atoms with E-state index in [0.29, 0.717) is 19.0 Å². The van der Waals surface area contributed by atoms with Gasteiger partial charge in [0, 0.05) is 18.0 Å². The van der Waals surface area contributed by atoms with Crippen LogP contribution in [-0.4, -0.2) is 29.7 Å². The van der Waals surface area contributed by atoms with Gasteiger partial charge in [-0.2, -0.15) is 4.98 Å². The Kier molecular flexibility index (Phi) is 5.35. The second-order valence-corrected chi connectivity index (χ2v) is 6.96. The van der Waals surface area contributed by atoms with E-state index in [2.05, 4.69) is 15.3 Å². The molecule has 6 nitrogen and oxygen atoms in total. The van der Waals surface area contributed by atoms with E-state index < -0.39 is 0 Å². The first-order valence-corrected chi connectivity index (χ1v) is 8.74. The number of ether oxygens (including phenoxy) is 1. The molecule has 0 aliphatic rings. The number of aryl methyl sites for hydroxylation is 1. The maximum atomic E-state index is 6.10. The number of nitrogens with one attached hydrogen (secondary N) is 1. The van der Waals surface area contributed by atoms with Crippen molar-refractivity contribution in [1.29, 1.82) is 0 Å². The number of anilines is 1. The first kappa shape index (κ1) is 17.2. The molecule has 1 atom stereocenters. The number of methoxy groups -OCH3 is 1. The van der Waals surface area contributed by atoms with Crippen LogP contribution in [0.5, 0.6) is 0 Å². The molecule has 3 aromatic rings. The predicted octanol–water partition coefficient (Wildman–Crippen LogP) is 3.37. The van der Waals surface area contributed by atoms with E-state index in [4.69, 9.17) is 26.5 Å². The topological polar surface area (TPSA) is 86.2 Å². The highest BCUT2D eigenvalue weighted by molar-refractivity contribution is 7.19. The molecule has 0 fully saturated rings. The molecule has 0 spiro atoms. The van der Waals surface area contributed by atoms with Crippen molar-refractivity contribution in [2.75, 3.05) is 19.0 Å². The summed E-state index contributed by atoms with van der Waals surface area (Å²) in [7, 11) is 1.65. The van der Waals surface area contributed by atoms with Crippen LogP contribution in [0.15, 0.2) is 22.8 Å². The average Bonchev–Trinajstić information content (AvgIpc) is 3.15. The van der Waals surface area contributed by atoms with Gasteiger partial charge in [-0.15, -0.1) is 11.3 Å². The monoisotopic (exact) mass is 366 g/mol. The van der Waals surface area contributed by atoms with Gasteiger partial charge >= 0.3 is 0 Å². The van der Waals surface area contributed by atoms with Crippen LogP contribution in [0, 0.1) is 6.92 Å². The van der Waals surface area contributed by atoms with Gasteiger partial charge in [0.15, 0.2) is 0 Å². The smallest absolute Gasteiger partial charge is 0.224 e. The van der Waals surface area contributed by atoms with E-state index in [-0.39, 0.29) is 11.3 Å². The van der Waals surface area contributed by atoms with Crippen molar-refractivity contribution in [3.8, 4) is 0 Å². The first-order chi connectivity index (χ1) is 11.6. The van der Waals surface area contributed by atoms with Crippen molar-refractivity contribution < 1.29 is 9.15 Å². The lowest BCUT2D eigenvalue weighted by Crippen LogP contribution is -2.27. The number of nitrogens with zero attached hydrogens (tertiary/aromatic N) is 2. The second kappa shape index (κ2) is 7.48. The minimum absolute atomic E-state index is 0.0512. The molecule has 0 amide bonds. The third kappa shape index (κ3) is 3.70. The van der Waals surface area contributed by atoms with Gasteiger partial charge in [0.25, 0.3) is 0 Å². The van der Waals surface area contributed by atoms with Gasteiger partial charge in [-0.3, -0.25) is 0 Å². The van der Waals surface area contributed by atoms with Gasteiger partial charge in [-0.1, -0.05) is 0 Å². The van der Waals surface area contributed by atoms with E-state index in [1.165, 1.54) is 4.88 Å². The second-order valence-electron chi connectivity index (χ2n) is 5.52. The lowest BCUT2D eigenvalue weighted by molar-refractivity contribution is 0.180. The number of rotatable bonds is 7. The highest BCUT2D eigenvalue weighted by atomic mass is 35.5. The van der Waals surface area contributed by atoms with Crippen LogP contribution in [0.4, 0.5) is 5.82 Å². The third-order valence-corrected chi connectivity index (χ3v) is 5.15. The minimum atomic E-state index is -0.0512. The highest BCUT2D eigenvalue weighted by Gasteiger charge is 2.17. The molecule has 0 aliphatic heterocycles. The Balaban J connectivity index is 1.91. The maximum absolute atomic E-state index is 6.10. The van der Waals surface area contributed by atoms with E-state index in [0.717, 1.165) is 28.0 Å². The Hall–Kier alpha value is -1.67. The normalized spacial score (nSPS) is 12.7. The van der Waals surface area contributed by atoms with Crippen LogP contribution in [0.25, 0.3) is 10.2 Å². The fourth-order valence-corrected chi connectivity index (χ4v) is 3.99. The van der Waals surface area contributed by atoms with Crippen LogP contribution < -0.4 is 11.1 Å². The number of halogens is 1. The quantitative estimate of drug-likeness (QED) is 0.623. The van der Waals surface area contributed by atoms with Gasteiger partial charge in [0.05, 0.1) is 29.6 Å². The molecule has 3 rings (SSSR count). The molecule has 0 saturated carbocycles. The number of hydrogen-bond donors (Lipinski definition) is 2. The summed E-state index contributed by atoms with van der Waals surface area (Å²) < 4.78 is 11.4. The molecule has 3 N–H and O–H groups in total. The standard InChI is InChI=1S/C16H19ClN4O2S/c1-9-12(6-10(18)8-22-2)24-14-13(9)20-16(17)21-15(14)19-7-11-4-3-5-23-11/h3-5,10H,6-8,18H2,1-2H3,(H,19,20,21)/t10-/m1/s1. The zero-order chi connectivity index (χ0) is 17.1. The number of thiophene rings is 1. The molecule has 0 bridgehead atoms. The Morgan fingerprint density at radius 3 is 3.00 bits per heavy atom. The summed E-state index contributed by atoms with van der Waals surface area (Å²) in [5.41, 5.74) is 8.04. The Morgan fingerprint density at radius 2 is 2.29 bits per heavy atom. The van der Waals surface area contributed by atoms with Crippen LogP contribution in [0.2, 0.25) is 5.28 Å². The van der Waals surface area contributed by atoms with Crippen LogP contribution in [0.3, 0.4) is 0 Å². The molecule has 3 aromatic heterocycles. The van der Waals surface area contributed by atoms with Gasteiger partial charge in [-0.25, -0.2) is 4.98 Å². The van der Waals surface area contributed by atoms with Crippen LogP contribution in [0.1, 0.15) is 16.2 Å². The molecule has 0 radical (unpaired) electrons. The molecule has 3 heterocycles. The molecule has 8 heteroatoms. The molecule has 0 unspecified atom stereocenters. The van der Waals surface area contributed by atoms with Crippen molar-refractivity contribution in [1.82, 2.24) is 9.97 Å². The average molecular weight is 367 g/mol. The Bertz CT molecular complexity index is 819. The predicted molar refractivity (Wildman–Crippen MR) is 96.8 cm³/mol. The number of nitrogens with two attached hydrogens (primary N) is 1. The van der Waals surface area contributed by atoms with Gasteiger partial charge in [0.2, 0.25) is 5.28 Å². The summed E-state index contributed by atoms with van der Waals surface area (Å²) in [6.45, 7) is 3.09. The van der Waals surface area contributed by atoms with Crippen molar-refractivity contribution in [3.05, 3.63) is 39.9 Å². The molecule has 128 valence electrons. The van der Waals surface area contributed by atoms with E-state index >= 15 is 0 Å². The minimum Gasteiger partial charge on any atom is -0.467 e.